The lowest BCUT2D eigenvalue weighted by molar-refractivity contribution is 0.414. The van der Waals surface area contributed by atoms with Crippen molar-refractivity contribution in [3.63, 3.8) is 0 Å². The molecular weight excluding hydrogens is 286 g/mol. The van der Waals surface area contributed by atoms with Gasteiger partial charge in [0, 0.05) is 30.9 Å². The van der Waals surface area contributed by atoms with Crippen LogP contribution in [0.5, 0.6) is 5.75 Å². The lowest BCUT2D eigenvalue weighted by Gasteiger charge is -2.23. The van der Waals surface area contributed by atoms with Crippen LogP contribution in [0, 0.1) is 6.08 Å². The van der Waals surface area contributed by atoms with Crippen LogP contribution >= 0.6 is 0 Å². The fraction of sp³-hybridized carbons (Fsp3) is 0.211. The van der Waals surface area contributed by atoms with Gasteiger partial charge in [-0.05, 0) is 29.8 Å². The van der Waals surface area contributed by atoms with Gasteiger partial charge >= 0.3 is 0 Å². The molecule has 2 aromatic rings. The number of hydrogen-bond acceptors (Lipinski definition) is 4. The van der Waals surface area contributed by atoms with E-state index >= 15 is 0 Å². The van der Waals surface area contributed by atoms with E-state index in [1.807, 2.05) is 42.6 Å². The minimum atomic E-state index is 0.138. The van der Waals surface area contributed by atoms with Gasteiger partial charge in [-0.2, -0.15) is 0 Å². The molecule has 4 heteroatoms. The van der Waals surface area contributed by atoms with E-state index in [0.717, 1.165) is 30.2 Å². The summed E-state index contributed by atoms with van der Waals surface area (Å²) in [6, 6.07) is 14.2. The van der Waals surface area contributed by atoms with E-state index in [-0.39, 0.29) is 6.04 Å². The second-order valence-corrected chi connectivity index (χ2v) is 5.27. The van der Waals surface area contributed by atoms with Crippen molar-refractivity contribution in [2.24, 2.45) is 0 Å². The molecule has 23 heavy (non-hydrogen) atoms. The highest BCUT2D eigenvalue weighted by atomic mass is 16.5. The molecule has 0 amide bonds. The molecule has 117 valence electrons. The number of nitrogens with zero attached hydrogens (tertiary/aromatic N) is 1. The maximum absolute atomic E-state index is 5.20. The molecule has 1 unspecified atom stereocenters. The Morgan fingerprint density at radius 3 is 2.83 bits per heavy atom. The standard InChI is InChI=1S/C19H20N3O/c1-23-17-10-8-15(9-11-17)18-6-4-7-19(22-18)21-14-12-16-5-2-3-13-20-16/h2-6,8-11,13,18,21-22H,12,14H2,1H3. The first-order chi connectivity index (χ1) is 11.3. The summed E-state index contributed by atoms with van der Waals surface area (Å²) in [5.74, 6) is 1.77. The SMILES string of the molecule is COc1ccc(C2C=C[C]=C(NCCc3ccccn3)N2)cc1. The quantitative estimate of drug-likeness (QED) is 0.861. The minimum absolute atomic E-state index is 0.138. The van der Waals surface area contributed by atoms with E-state index in [2.05, 4.69) is 39.9 Å². The lowest BCUT2D eigenvalue weighted by atomic mass is 10.0. The van der Waals surface area contributed by atoms with Crippen molar-refractivity contribution in [3.8, 4) is 5.75 Å². The van der Waals surface area contributed by atoms with Crippen molar-refractivity contribution in [1.29, 1.82) is 0 Å². The molecule has 1 aliphatic heterocycles. The Balaban J connectivity index is 1.53. The number of aromatic nitrogens is 1. The van der Waals surface area contributed by atoms with Crippen LogP contribution in [-0.2, 0) is 6.42 Å². The van der Waals surface area contributed by atoms with Crippen molar-refractivity contribution >= 4 is 0 Å². The number of allylic oxidation sites excluding steroid dienone is 2. The Morgan fingerprint density at radius 2 is 2.09 bits per heavy atom. The van der Waals surface area contributed by atoms with E-state index in [4.69, 9.17) is 4.74 Å². The van der Waals surface area contributed by atoms with Crippen LogP contribution in [0.4, 0.5) is 0 Å². The second-order valence-electron chi connectivity index (χ2n) is 5.27. The van der Waals surface area contributed by atoms with Gasteiger partial charge < -0.3 is 15.4 Å². The number of benzene rings is 1. The molecule has 0 fully saturated rings. The van der Waals surface area contributed by atoms with E-state index in [0.29, 0.717) is 0 Å². The molecule has 0 saturated heterocycles. The molecule has 0 spiro atoms. The predicted molar refractivity (Wildman–Crippen MR) is 90.7 cm³/mol. The highest BCUT2D eigenvalue weighted by Gasteiger charge is 2.12. The van der Waals surface area contributed by atoms with Crippen molar-refractivity contribution in [2.75, 3.05) is 13.7 Å². The smallest absolute Gasteiger partial charge is 0.118 e. The summed E-state index contributed by atoms with van der Waals surface area (Å²) in [5.41, 5.74) is 2.27. The van der Waals surface area contributed by atoms with Crippen LogP contribution in [0.15, 0.2) is 66.6 Å². The maximum Gasteiger partial charge on any atom is 0.118 e. The number of nitrogens with one attached hydrogen (secondary N) is 2. The summed E-state index contributed by atoms with van der Waals surface area (Å²) in [7, 11) is 1.68. The summed E-state index contributed by atoms with van der Waals surface area (Å²) in [6.45, 7) is 0.815. The molecule has 1 atom stereocenters. The average Bonchev–Trinajstić information content (AvgIpc) is 2.63. The number of methoxy groups -OCH3 is 1. The third-order valence-corrected chi connectivity index (χ3v) is 3.70. The number of dihydropyridines is 1. The average molecular weight is 306 g/mol. The number of pyridine rings is 1. The van der Waals surface area contributed by atoms with Gasteiger partial charge in [0.2, 0.25) is 0 Å². The monoisotopic (exact) mass is 306 g/mol. The molecule has 0 aliphatic carbocycles. The zero-order valence-electron chi connectivity index (χ0n) is 13.1. The molecule has 2 heterocycles. The van der Waals surface area contributed by atoms with Crippen molar-refractivity contribution in [1.82, 2.24) is 15.6 Å². The van der Waals surface area contributed by atoms with Gasteiger partial charge in [-0.25, -0.2) is 0 Å². The van der Waals surface area contributed by atoms with E-state index in [1.165, 1.54) is 5.56 Å². The summed E-state index contributed by atoms with van der Waals surface area (Å²) in [6.07, 6.45) is 9.94. The van der Waals surface area contributed by atoms with Gasteiger partial charge in [0.15, 0.2) is 0 Å². The zero-order chi connectivity index (χ0) is 15.9. The summed E-state index contributed by atoms with van der Waals surface area (Å²) in [5, 5.41) is 6.81. The van der Waals surface area contributed by atoms with E-state index in [9.17, 15) is 0 Å². The minimum Gasteiger partial charge on any atom is -0.497 e. The summed E-state index contributed by atoms with van der Waals surface area (Å²) >= 11 is 0. The molecule has 0 saturated carbocycles. The van der Waals surface area contributed by atoms with Gasteiger partial charge in [-0.3, -0.25) is 4.98 Å². The number of rotatable bonds is 6. The number of hydrogen-bond donors (Lipinski definition) is 2. The Kier molecular flexibility index (Phi) is 4.94. The second kappa shape index (κ2) is 7.49. The highest BCUT2D eigenvalue weighted by Crippen LogP contribution is 2.21. The third kappa shape index (κ3) is 4.13. The summed E-state index contributed by atoms with van der Waals surface area (Å²) in [4.78, 5) is 4.32. The lowest BCUT2D eigenvalue weighted by Crippen LogP contribution is -2.32. The highest BCUT2D eigenvalue weighted by molar-refractivity contribution is 5.33. The van der Waals surface area contributed by atoms with Crippen LogP contribution in [0.25, 0.3) is 0 Å². The largest absolute Gasteiger partial charge is 0.497 e. The fourth-order valence-electron chi connectivity index (χ4n) is 2.44. The fourth-order valence-corrected chi connectivity index (χ4v) is 2.44. The van der Waals surface area contributed by atoms with Crippen LogP contribution in [0.3, 0.4) is 0 Å². The van der Waals surface area contributed by atoms with Gasteiger partial charge in [-0.15, -0.1) is 0 Å². The van der Waals surface area contributed by atoms with Crippen LogP contribution in [-0.4, -0.2) is 18.6 Å². The molecule has 1 radical (unpaired) electrons. The maximum atomic E-state index is 5.20. The van der Waals surface area contributed by atoms with Crippen LogP contribution < -0.4 is 15.4 Å². The van der Waals surface area contributed by atoms with Crippen LogP contribution in [0.2, 0.25) is 0 Å². The molecule has 4 nitrogen and oxygen atoms in total. The molecule has 0 bridgehead atoms. The van der Waals surface area contributed by atoms with Crippen molar-refractivity contribution in [2.45, 2.75) is 12.5 Å². The first-order valence-corrected chi connectivity index (χ1v) is 7.69. The van der Waals surface area contributed by atoms with Crippen LogP contribution in [0.1, 0.15) is 17.3 Å². The van der Waals surface area contributed by atoms with Gasteiger partial charge in [0.25, 0.3) is 0 Å². The zero-order valence-corrected chi connectivity index (χ0v) is 13.1. The third-order valence-electron chi connectivity index (χ3n) is 3.70. The first-order valence-electron chi connectivity index (χ1n) is 7.69. The predicted octanol–water partition coefficient (Wildman–Crippen LogP) is 2.77. The molecule has 1 aromatic heterocycles. The van der Waals surface area contributed by atoms with Crippen molar-refractivity contribution < 1.29 is 4.74 Å². The molecule has 3 rings (SSSR count). The summed E-state index contributed by atoms with van der Waals surface area (Å²) < 4.78 is 5.20. The van der Waals surface area contributed by atoms with Gasteiger partial charge in [0.05, 0.1) is 13.2 Å². The van der Waals surface area contributed by atoms with E-state index in [1.54, 1.807) is 7.11 Å². The molecule has 2 N–H and O–H groups in total. The Hall–Kier alpha value is -2.75. The number of ether oxygens (including phenoxy) is 1. The topological polar surface area (TPSA) is 46.2 Å². The Bertz CT molecular complexity index is 678. The van der Waals surface area contributed by atoms with Gasteiger partial charge in [-0.1, -0.05) is 30.4 Å². The molecule has 1 aromatic carbocycles. The first kappa shape index (κ1) is 15.2. The Labute approximate surface area is 136 Å². The van der Waals surface area contributed by atoms with E-state index < -0.39 is 0 Å². The Morgan fingerprint density at radius 1 is 1.22 bits per heavy atom. The molecule has 1 aliphatic rings. The van der Waals surface area contributed by atoms with Gasteiger partial charge in [0.1, 0.15) is 11.6 Å². The normalized spacial score (nSPS) is 16.4. The van der Waals surface area contributed by atoms with Crippen molar-refractivity contribution in [3.05, 3.63) is 84.0 Å². The molecular formula is C19H20N3O.